The van der Waals surface area contributed by atoms with E-state index in [4.69, 9.17) is 0 Å². The van der Waals surface area contributed by atoms with Crippen LogP contribution in [0.3, 0.4) is 0 Å². The number of halogens is 3. The number of guanidine groups is 1. The highest BCUT2D eigenvalue weighted by Gasteiger charge is 2.33. The van der Waals surface area contributed by atoms with E-state index in [-0.39, 0.29) is 12.5 Å². The zero-order valence-electron chi connectivity index (χ0n) is 16.5. The molecule has 0 atom stereocenters. The van der Waals surface area contributed by atoms with Crippen molar-refractivity contribution in [2.24, 2.45) is 4.99 Å². The Morgan fingerprint density at radius 1 is 1.28 bits per heavy atom. The van der Waals surface area contributed by atoms with E-state index in [1.807, 2.05) is 25.1 Å². The lowest BCUT2D eigenvalue weighted by atomic mass is 10.1. The van der Waals surface area contributed by atoms with E-state index in [9.17, 15) is 18.0 Å². The molecule has 0 unspecified atom stereocenters. The fourth-order valence-corrected chi connectivity index (χ4v) is 3.17. The summed E-state index contributed by atoms with van der Waals surface area (Å²) in [5.41, 5.74) is 0.728. The van der Waals surface area contributed by atoms with Gasteiger partial charge in [0.2, 0.25) is 0 Å². The number of hydrogen-bond donors (Lipinski definition) is 2. The van der Waals surface area contributed by atoms with Crippen LogP contribution in [-0.2, 0) is 19.1 Å². The van der Waals surface area contributed by atoms with Crippen molar-refractivity contribution in [3.8, 4) is 0 Å². The predicted molar refractivity (Wildman–Crippen MR) is 108 cm³/mol. The molecular weight excluding hydrogens is 403 g/mol. The fraction of sp³-hybridized carbons (Fsp3) is 0.421. The average molecular weight is 427 g/mol. The van der Waals surface area contributed by atoms with Crippen LogP contribution in [0.15, 0.2) is 34.6 Å². The maximum absolute atomic E-state index is 12.6. The topological polar surface area (TPSA) is 69.6 Å². The van der Waals surface area contributed by atoms with Crippen molar-refractivity contribution in [2.45, 2.75) is 26.1 Å². The number of aliphatic imine (C=N–C) groups is 1. The Morgan fingerprint density at radius 2 is 2.03 bits per heavy atom. The number of benzene rings is 1. The Balaban J connectivity index is 1.94. The lowest BCUT2D eigenvalue weighted by Crippen LogP contribution is -2.38. The summed E-state index contributed by atoms with van der Waals surface area (Å²) in [5, 5.41) is 7.49. The van der Waals surface area contributed by atoms with E-state index >= 15 is 0 Å². The molecule has 1 amide bonds. The maximum Gasteiger partial charge on any atom is 0.434 e. The van der Waals surface area contributed by atoms with E-state index in [0.717, 1.165) is 22.3 Å². The van der Waals surface area contributed by atoms with Crippen LogP contribution in [0, 0.1) is 0 Å². The van der Waals surface area contributed by atoms with E-state index < -0.39 is 11.9 Å². The third-order valence-electron chi connectivity index (χ3n) is 3.85. The molecule has 0 aliphatic heterocycles. The van der Waals surface area contributed by atoms with Gasteiger partial charge in [-0.05, 0) is 31.0 Å². The molecule has 0 aliphatic carbocycles. The number of amides is 1. The van der Waals surface area contributed by atoms with Gasteiger partial charge in [0.15, 0.2) is 11.7 Å². The molecule has 2 aromatic rings. The minimum Gasteiger partial charge on any atom is -0.357 e. The van der Waals surface area contributed by atoms with E-state index in [1.165, 1.54) is 4.90 Å². The Morgan fingerprint density at radius 3 is 2.66 bits per heavy atom. The van der Waals surface area contributed by atoms with Crippen LogP contribution in [0.2, 0.25) is 0 Å². The number of hydrogen-bond acceptors (Lipinski definition) is 4. The molecule has 0 spiro atoms. The van der Waals surface area contributed by atoms with Crippen LogP contribution >= 0.6 is 11.3 Å². The van der Waals surface area contributed by atoms with Gasteiger partial charge in [0.05, 0.1) is 6.54 Å². The summed E-state index contributed by atoms with van der Waals surface area (Å²) in [5.74, 6) is 0.438. The number of carbonyl (C=O) groups is 1. The maximum atomic E-state index is 12.6. The normalized spacial score (nSPS) is 12.0. The molecule has 158 valence electrons. The molecule has 1 heterocycles. The first kappa shape index (κ1) is 22.7. The van der Waals surface area contributed by atoms with Gasteiger partial charge in [0.1, 0.15) is 5.01 Å². The molecule has 0 fully saturated rings. The summed E-state index contributed by atoms with van der Waals surface area (Å²) in [6, 6.07) is 7.40. The summed E-state index contributed by atoms with van der Waals surface area (Å²) in [6.07, 6.45) is -3.78. The second-order valence-corrected chi connectivity index (χ2v) is 7.34. The van der Waals surface area contributed by atoms with Gasteiger partial charge >= 0.3 is 6.18 Å². The van der Waals surface area contributed by atoms with Crippen molar-refractivity contribution in [3.63, 3.8) is 0 Å². The Labute approximate surface area is 171 Å². The molecule has 1 aromatic carbocycles. The molecule has 0 bridgehead atoms. The minimum atomic E-state index is -4.44. The Bertz CT molecular complexity index is 848. The third-order valence-corrected chi connectivity index (χ3v) is 4.68. The molecule has 0 saturated heterocycles. The molecule has 0 aliphatic rings. The quantitative estimate of drug-likeness (QED) is 0.526. The average Bonchev–Trinajstić information content (AvgIpc) is 3.15. The second-order valence-electron chi connectivity index (χ2n) is 6.40. The molecule has 1 aromatic heterocycles. The smallest absolute Gasteiger partial charge is 0.357 e. The first-order valence-electron chi connectivity index (χ1n) is 9.05. The summed E-state index contributed by atoms with van der Waals surface area (Å²) < 4.78 is 37.9. The fourth-order valence-electron chi connectivity index (χ4n) is 2.45. The van der Waals surface area contributed by atoms with Gasteiger partial charge in [0, 0.05) is 38.1 Å². The van der Waals surface area contributed by atoms with Crippen molar-refractivity contribution in [1.29, 1.82) is 0 Å². The molecule has 6 nitrogen and oxygen atoms in total. The van der Waals surface area contributed by atoms with E-state index in [1.54, 1.807) is 20.2 Å². The monoisotopic (exact) mass is 427 g/mol. The number of aromatic nitrogens is 1. The summed E-state index contributed by atoms with van der Waals surface area (Å²) in [4.78, 5) is 21.4. The van der Waals surface area contributed by atoms with Crippen LogP contribution in [0.25, 0.3) is 0 Å². The largest absolute Gasteiger partial charge is 0.434 e. The first-order chi connectivity index (χ1) is 13.7. The number of rotatable bonds is 7. The van der Waals surface area contributed by atoms with Crippen LogP contribution < -0.4 is 10.6 Å². The highest BCUT2D eigenvalue weighted by Crippen LogP contribution is 2.30. The number of carbonyl (C=O) groups excluding carboxylic acids is 1. The lowest BCUT2D eigenvalue weighted by Gasteiger charge is -2.13. The van der Waals surface area contributed by atoms with E-state index in [2.05, 4.69) is 20.6 Å². The van der Waals surface area contributed by atoms with Crippen LogP contribution in [-0.4, -0.2) is 48.9 Å². The molecule has 0 radical (unpaired) electrons. The highest BCUT2D eigenvalue weighted by molar-refractivity contribution is 7.09. The van der Waals surface area contributed by atoms with Crippen molar-refractivity contribution < 1.29 is 18.0 Å². The zero-order chi connectivity index (χ0) is 21.4. The van der Waals surface area contributed by atoms with Crippen molar-refractivity contribution >= 4 is 23.2 Å². The molecule has 0 saturated carbocycles. The van der Waals surface area contributed by atoms with Gasteiger partial charge in [-0.15, -0.1) is 11.3 Å². The molecule has 10 heteroatoms. The molecule has 29 heavy (non-hydrogen) atoms. The molecule has 2 N–H and O–H groups in total. The van der Waals surface area contributed by atoms with Gasteiger partial charge in [0.25, 0.3) is 5.91 Å². The van der Waals surface area contributed by atoms with Crippen LogP contribution in [0.5, 0.6) is 0 Å². The summed E-state index contributed by atoms with van der Waals surface area (Å²) in [6.45, 7) is 3.13. The van der Waals surface area contributed by atoms with Gasteiger partial charge < -0.3 is 15.5 Å². The highest BCUT2D eigenvalue weighted by atomic mass is 32.1. The number of nitrogens with zero attached hydrogens (tertiary/aromatic N) is 3. The number of thiazole rings is 1. The minimum absolute atomic E-state index is 0.0584. The van der Waals surface area contributed by atoms with Gasteiger partial charge in [-0.1, -0.05) is 12.1 Å². The van der Waals surface area contributed by atoms with Gasteiger partial charge in [-0.25, -0.2) is 9.98 Å². The first-order valence-corrected chi connectivity index (χ1v) is 9.93. The van der Waals surface area contributed by atoms with Crippen molar-refractivity contribution in [1.82, 2.24) is 20.5 Å². The second kappa shape index (κ2) is 10.2. The molecular formula is C19H24F3N5OS. The lowest BCUT2D eigenvalue weighted by molar-refractivity contribution is -0.140. The third kappa shape index (κ3) is 7.04. The number of alkyl halides is 3. The van der Waals surface area contributed by atoms with Crippen molar-refractivity contribution in [2.75, 3.05) is 27.2 Å². The zero-order valence-corrected chi connectivity index (χ0v) is 17.3. The summed E-state index contributed by atoms with van der Waals surface area (Å²) in [7, 11) is 3.41. The SMILES string of the molecule is CCNC(=NCc1nc(C(F)(F)F)cs1)NCCc1cccc(C(=O)N(C)C)c1. The summed E-state index contributed by atoms with van der Waals surface area (Å²) >= 11 is 0.934. The number of nitrogens with one attached hydrogen (secondary N) is 2. The Hall–Kier alpha value is -2.62. The Kier molecular flexibility index (Phi) is 8.00. The van der Waals surface area contributed by atoms with Gasteiger partial charge in [-0.2, -0.15) is 13.2 Å². The molecule has 2 rings (SSSR count). The standard InChI is InChI=1S/C19H24F3N5OS/c1-4-23-18(25-11-16-26-15(12-29-16)19(20,21)22)24-9-8-13-6-5-7-14(10-13)17(28)27(2)3/h5-7,10,12H,4,8-9,11H2,1-3H3,(H2,23,24,25). The van der Waals surface area contributed by atoms with Crippen LogP contribution in [0.1, 0.15) is 33.5 Å². The van der Waals surface area contributed by atoms with Gasteiger partial charge in [-0.3, -0.25) is 4.79 Å². The van der Waals surface area contributed by atoms with Crippen LogP contribution in [0.4, 0.5) is 13.2 Å². The van der Waals surface area contributed by atoms with E-state index in [0.29, 0.717) is 36.0 Å². The predicted octanol–water partition coefficient (Wildman–Crippen LogP) is 3.16. The van der Waals surface area contributed by atoms with Crippen molar-refractivity contribution in [3.05, 3.63) is 51.5 Å².